The Morgan fingerprint density at radius 3 is 2.79 bits per heavy atom. The zero-order valence-electron chi connectivity index (χ0n) is 14.3. The number of aromatic nitrogens is 4. The van der Waals surface area contributed by atoms with Gasteiger partial charge in [0.1, 0.15) is 5.69 Å². The van der Waals surface area contributed by atoms with Crippen molar-refractivity contribution < 1.29 is 9.53 Å². The van der Waals surface area contributed by atoms with E-state index in [1.165, 1.54) is 0 Å². The molecule has 0 aromatic carbocycles. The maximum Gasteiger partial charge on any atom is 0.274 e. The SMILES string of the molecule is CCO[C@@H]1CCN(C(=O)c2cnc(C)cn2)[C@@H]1Cc1cnn(C)c1. The fourth-order valence-electron chi connectivity index (χ4n) is 3.20. The summed E-state index contributed by atoms with van der Waals surface area (Å²) in [5.74, 6) is -0.0846. The summed E-state index contributed by atoms with van der Waals surface area (Å²) in [4.78, 5) is 23.1. The quantitative estimate of drug-likeness (QED) is 0.828. The molecule has 1 saturated heterocycles. The molecule has 24 heavy (non-hydrogen) atoms. The topological polar surface area (TPSA) is 73.1 Å². The lowest BCUT2D eigenvalue weighted by atomic mass is 10.0. The van der Waals surface area contributed by atoms with Gasteiger partial charge < -0.3 is 9.64 Å². The van der Waals surface area contributed by atoms with Crippen molar-refractivity contribution in [2.45, 2.75) is 38.8 Å². The summed E-state index contributed by atoms with van der Waals surface area (Å²) >= 11 is 0. The number of hydrogen-bond acceptors (Lipinski definition) is 5. The fraction of sp³-hybridized carbons (Fsp3) is 0.529. The molecule has 1 aliphatic heterocycles. The molecule has 3 rings (SSSR count). The summed E-state index contributed by atoms with van der Waals surface area (Å²) in [5.41, 5.74) is 2.28. The Balaban J connectivity index is 1.81. The monoisotopic (exact) mass is 329 g/mol. The number of ether oxygens (including phenoxy) is 1. The molecule has 2 atom stereocenters. The Morgan fingerprint density at radius 2 is 2.17 bits per heavy atom. The van der Waals surface area contributed by atoms with Gasteiger partial charge in [0, 0.05) is 32.6 Å². The summed E-state index contributed by atoms with van der Waals surface area (Å²) in [6.07, 6.45) is 8.60. The smallest absolute Gasteiger partial charge is 0.274 e. The van der Waals surface area contributed by atoms with Gasteiger partial charge in [-0.25, -0.2) is 4.98 Å². The molecule has 0 spiro atoms. The van der Waals surface area contributed by atoms with Crippen molar-refractivity contribution in [3.8, 4) is 0 Å². The molecular formula is C17H23N5O2. The minimum atomic E-state index is -0.0846. The number of nitrogens with zero attached hydrogens (tertiary/aromatic N) is 5. The van der Waals surface area contributed by atoms with Gasteiger partial charge in [-0.15, -0.1) is 0 Å². The molecule has 2 aromatic rings. The van der Waals surface area contributed by atoms with E-state index in [2.05, 4.69) is 15.1 Å². The summed E-state index contributed by atoms with van der Waals surface area (Å²) in [6.45, 7) is 5.15. The highest BCUT2D eigenvalue weighted by molar-refractivity contribution is 5.92. The molecule has 7 heteroatoms. The molecule has 7 nitrogen and oxygen atoms in total. The van der Waals surface area contributed by atoms with Crippen LogP contribution in [-0.2, 0) is 18.2 Å². The van der Waals surface area contributed by atoms with Crippen molar-refractivity contribution in [2.24, 2.45) is 7.05 Å². The Hall–Kier alpha value is -2.28. The molecule has 3 heterocycles. The van der Waals surface area contributed by atoms with Gasteiger partial charge in [0.15, 0.2) is 0 Å². The van der Waals surface area contributed by atoms with E-state index in [4.69, 9.17) is 4.74 Å². The van der Waals surface area contributed by atoms with Crippen LogP contribution in [0, 0.1) is 6.92 Å². The van der Waals surface area contributed by atoms with Gasteiger partial charge >= 0.3 is 0 Å². The van der Waals surface area contributed by atoms with Gasteiger partial charge in [0.05, 0.1) is 30.2 Å². The van der Waals surface area contributed by atoms with Crippen LogP contribution < -0.4 is 0 Å². The third-order valence-corrected chi connectivity index (χ3v) is 4.33. The van der Waals surface area contributed by atoms with E-state index < -0.39 is 0 Å². The second-order valence-corrected chi connectivity index (χ2v) is 6.12. The van der Waals surface area contributed by atoms with E-state index in [1.807, 2.05) is 38.2 Å². The average Bonchev–Trinajstić information content (AvgIpc) is 3.15. The zero-order chi connectivity index (χ0) is 17.1. The highest BCUT2D eigenvalue weighted by Gasteiger charge is 2.38. The standard InChI is InChI=1S/C17H23N5O2/c1-4-24-16-5-6-22(15(16)7-13-9-20-21(3)11-13)17(23)14-10-18-12(2)8-19-14/h8-11,15-16H,4-7H2,1-3H3/t15-,16-/m1/s1. The van der Waals surface area contributed by atoms with E-state index in [-0.39, 0.29) is 18.1 Å². The van der Waals surface area contributed by atoms with Crippen LogP contribution in [0.25, 0.3) is 0 Å². The van der Waals surface area contributed by atoms with Crippen LogP contribution in [0.4, 0.5) is 0 Å². The lowest BCUT2D eigenvalue weighted by Gasteiger charge is -2.27. The highest BCUT2D eigenvalue weighted by Crippen LogP contribution is 2.25. The Labute approximate surface area is 141 Å². The van der Waals surface area contributed by atoms with Crippen LogP contribution in [0.3, 0.4) is 0 Å². The van der Waals surface area contributed by atoms with E-state index >= 15 is 0 Å². The molecule has 0 radical (unpaired) electrons. The van der Waals surface area contributed by atoms with Crippen molar-refractivity contribution in [1.29, 1.82) is 0 Å². The molecule has 0 unspecified atom stereocenters. The largest absolute Gasteiger partial charge is 0.376 e. The van der Waals surface area contributed by atoms with Gasteiger partial charge in [0.25, 0.3) is 5.91 Å². The molecule has 128 valence electrons. The van der Waals surface area contributed by atoms with Crippen molar-refractivity contribution in [2.75, 3.05) is 13.2 Å². The summed E-state index contributed by atoms with van der Waals surface area (Å²) < 4.78 is 7.65. The molecule has 1 fully saturated rings. The first-order valence-electron chi connectivity index (χ1n) is 8.27. The van der Waals surface area contributed by atoms with Gasteiger partial charge in [-0.05, 0) is 32.3 Å². The van der Waals surface area contributed by atoms with E-state index in [0.29, 0.717) is 18.8 Å². The Morgan fingerprint density at radius 1 is 1.33 bits per heavy atom. The fourth-order valence-corrected chi connectivity index (χ4v) is 3.20. The van der Waals surface area contributed by atoms with Crippen molar-refractivity contribution in [1.82, 2.24) is 24.6 Å². The second-order valence-electron chi connectivity index (χ2n) is 6.12. The van der Waals surface area contributed by atoms with Crippen molar-refractivity contribution in [3.63, 3.8) is 0 Å². The third-order valence-electron chi connectivity index (χ3n) is 4.33. The highest BCUT2D eigenvalue weighted by atomic mass is 16.5. The number of carbonyl (C=O) groups excluding carboxylic acids is 1. The van der Waals surface area contributed by atoms with Gasteiger partial charge in [-0.3, -0.25) is 14.5 Å². The van der Waals surface area contributed by atoms with Gasteiger partial charge in [0.2, 0.25) is 0 Å². The van der Waals surface area contributed by atoms with E-state index in [9.17, 15) is 4.79 Å². The second kappa shape index (κ2) is 7.09. The first-order chi connectivity index (χ1) is 11.6. The normalized spacial score (nSPS) is 20.5. The van der Waals surface area contributed by atoms with Crippen molar-refractivity contribution in [3.05, 3.63) is 41.7 Å². The van der Waals surface area contributed by atoms with E-state index in [1.54, 1.807) is 17.1 Å². The van der Waals surface area contributed by atoms with Crippen LogP contribution in [0.1, 0.15) is 35.1 Å². The number of aryl methyl sites for hydroxylation is 2. The summed E-state index contributed by atoms with van der Waals surface area (Å²) in [6, 6.07) is -0.00949. The molecule has 0 bridgehead atoms. The van der Waals surface area contributed by atoms with Crippen LogP contribution in [0.5, 0.6) is 0 Å². The van der Waals surface area contributed by atoms with Crippen LogP contribution in [0.15, 0.2) is 24.8 Å². The number of hydrogen-bond donors (Lipinski definition) is 0. The first-order valence-corrected chi connectivity index (χ1v) is 8.27. The van der Waals surface area contributed by atoms with Crippen LogP contribution in [0.2, 0.25) is 0 Å². The molecule has 0 N–H and O–H groups in total. The molecule has 0 saturated carbocycles. The molecule has 1 amide bonds. The Kier molecular flexibility index (Phi) is 4.89. The van der Waals surface area contributed by atoms with Crippen molar-refractivity contribution >= 4 is 5.91 Å². The number of amides is 1. The first kappa shape index (κ1) is 16.6. The predicted octanol–water partition coefficient (Wildman–Crippen LogP) is 1.38. The maximum atomic E-state index is 12.9. The Bertz CT molecular complexity index is 697. The lowest BCUT2D eigenvalue weighted by molar-refractivity contribution is 0.0310. The minimum Gasteiger partial charge on any atom is -0.376 e. The number of carbonyl (C=O) groups is 1. The maximum absolute atomic E-state index is 12.9. The third kappa shape index (κ3) is 3.46. The number of rotatable bonds is 5. The molecular weight excluding hydrogens is 306 g/mol. The van der Waals surface area contributed by atoms with Gasteiger partial charge in [-0.1, -0.05) is 0 Å². The molecule has 2 aromatic heterocycles. The zero-order valence-corrected chi connectivity index (χ0v) is 14.3. The summed E-state index contributed by atoms with van der Waals surface area (Å²) in [7, 11) is 1.89. The van der Waals surface area contributed by atoms with E-state index in [0.717, 1.165) is 24.1 Å². The molecule has 0 aliphatic carbocycles. The summed E-state index contributed by atoms with van der Waals surface area (Å²) in [5, 5.41) is 4.22. The molecule has 1 aliphatic rings. The number of likely N-dealkylation sites (tertiary alicyclic amines) is 1. The van der Waals surface area contributed by atoms with Crippen LogP contribution in [-0.4, -0.2) is 55.9 Å². The lowest BCUT2D eigenvalue weighted by Crippen LogP contribution is -2.42. The predicted molar refractivity (Wildman–Crippen MR) is 88.5 cm³/mol. The van der Waals surface area contributed by atoms with Gasteiger partial charge in [-0.2, -0.15) is 5.10 Å². The van der Waals surface area contributed by atoms with Crippen LogP contribution >= 0.6 is 0 Å². The average molecular weight is 329 g/mol. The minimum absolute atomic E-state index is 0.00949.